The number of likely N-dealkylation sites (N-methyl/N-ethyl adjacent to an activating group) is 1. The van der Waals surface area contributed by atoms with Crippen molar-refractivity contribution >= 4 is 0 Å². The van der Waals surface area contributed by atoms with Gasteiger partial charge in [0.25, 0.3) is 0 Å². The molecule has 1 saturated carbocycles. The molecule has 2 heteroatoms. The van der Waals surface area contributed by atoms with E-state index in [0.29, 0.717) is 6.04 Å². The lowest BCUT2D eigenvalue weighted by Crippen LogP contribution is -2.54. The molecule has 0 aromatic carbocycles. The monoisotopic (exact) mass is 225 g/mol. The molecule has 1 atom stereocenters. The van der Waals surface area contributed by atoms with Crippen molar-refractivity contribution in [2.24, 2.45) is 5.92 Å². The molecule has 1 unspecified atom stereocenters. The Bertz CT molecular complexity index is 229. The molecule has 0 aliphatic heterocycles. The third-order valence-electron chi connectivity index (χ3n) is 3.95. The topological polar surface area (TPSA) is 21.3 Å². The van der Waals surface area contributed by atoms with Crippen LogP contribution in [-0.2, 0) is 4.74 Å². The van der Waals surface area contributed by atoms with Crippen LogP contribution in [0.1, 0.15) is 46.5 Å². The number of hydrogen-bond acceptors (Lipinski definition) is 2. The Morgan fingerprint density at radius 2 is 2.06 bits per heavy atom. The second-order valence-electron chi connectivity index (χ2n) is 5.29. The van der Waals surface area contributed by atoms with Gasteiger partial charge in [-0.3, -0.25) is 0 Å². The van der Waals surface area contributed by atoms with Gasteiger partial charge in [0, 0.05) is 7.11 Å². The van der Waals surface area contributed by atoms with Crippen LogP contribution in [0.25, 0.3) is 0 Å². The fourth-order valence-corrected chi connectivity index (χ4v) is 2.87. The molecule has 0 amide bonds. The molecule has 16 heavy (non-hydrogen) atoms. The molecule has 0 radical (unpaired) electrons. The van der Waals surface area contributed by atoms with E-state index in [1.807, 2.05) is 7.11 Å². The molecule has 0 heterocycles. The van der Waals surface area contributed by atoms with E-state index < -0.39 is 0 Å². The zero-order chi connectivity index (χ0) is 12.2. The van der Waals surface area contributed by atoms with Crippen molar-refractivity contribution in [2.45, 2.75) is 58.1 Å². The van der Waals surface area contributed by atoms with Crippen molar-refractivity contribution in [1.29, 1.82) is 0 Å². The van der Waals surface area contributed by atoms with Gasteiger partial charge < -0.3 is 10.1 Å². The van der Waals surface area contributed by atoms with Crippen molar-refractivity contribution in [3.05, 3.63) is 12.2 Å². The van der Waals surface area contributed by atoms with E-state index in [9.17, 15) is 0 Å². The molecule has 1 rings (SSSR count). The van der Waals surface area contributed by atoms with Crippen LogP contribution < -0.4 is 5.32 Å². The highest BCUT2D eigenvalue weighted by Crippen LogP contribution is 2.38. The second-order valence-corrected chi connectivity index (χ2v) is 5.29. The van der Waals surface area contributed by atoms with E-state index in [1.165, 1.54) is 18.4 Å². The molecular formula is C14H27NO. The van der Waals surface area contributed by atoms with E-state index in [0.717, 1.165) is 25.3 Å². The number of ether oxygens (including phenoxy) is 1. The van der Waals surface area contributed by atoms with Gasteiger partial charge in [-0.05, 0) is 45.1 Å². The van der Waals surface area contributed by atoms with Gasteiger partial charge in [-0.1, -0.05) is 26.0 Å². The summed E-state index contributed by atoms with van der Waals surface area (Å²) in [5.74, 6) is 0.843. The van der Waals surface area contributed by atoms with E-state index in [1.54, 1.807) is 0 Å². The van der Waals surface area contributed by atoms with Gasteiger partial charge in [0.1, 0.15) is 0 Å². The summed E-state index contributed by atoms with van der Waals surface area (Å²) in [5.41, 5.74) is 1.17. The van der Waals surface area contributed by atoms with Gasteiger partial charge in [-0.25, -0.2) is 0 Å². The number of rotatable bonds is 5. The predicted octanol–water partition coefficient (Wildman–Crippen LogP) is 3.14. The maximum absolute atomic E-state index is 5.88. The van der Waals surface area contributed by atoms with Gasteiger partial charge in [0.2, 0.25) is 0 Å². The standard InChI is InChI=1S/C14H27NO/c1-6-15-13(11(2)3)14(16-5)9-7-12(4)8-10-14/h12-13,15H,2,6-10H2,1,3-5H3. The second kappa shape index (κ2) is 5.83. The predicted molar refractivity (Wildman–Crippen MR) is 69.7 cm³/mol. The van der Waals surface area contributed by atoms with E-state index in [-0.39, 0.29) is 5.60 Å². The zero-order valence-corrected chi connectivity index (χ0v) is 11.3. The molecular weight excluding hydrogens is 198 g/mol. The maximum Gasteiger partial charge on any atom is 0.0869 e. The van der Waals surface area contributed by atoms with Crippen LogP contribution in [0.4, 0.5) is 0 Å². The summed E-state index contributed by atoms with van der Waals surface area (Å²) in [7, 11) is 1.85. The Morgan fingerprint density at radius 1 is 1.50 bits per heavy atom. The molecule has 0 bridgehead atoms. The normalized spacial score (nSPS) is 32.4. The van der Waals surface area contributed by atoms with Crippen molar-refractivity contribution in [2.75, 3.05) is 13.7 Å². The van der Waals surface area contributed by atoms with Crippen molar-refractivity contribution in [3.63, 3.8) is 0 Å². The molecule has 0 saturated heterocycles. The largest absolute Gasteiger partial charge is 0.376 e. The van der Waals surface area contributed by atoms with Gasteiger partial charge in [-0.15, -0.1) is 0 Å². The number of hydrogen-bond donors (Lipinski definition) is 1. The van der Waals surface area contributed by atoms with Gasteiger partial charge >= 0.3 is 0 Å². The minimum absolute atomic E-state index is 0.0195. The summed E-state index contributed by atoms with van der Waals surface area (Å²) in [6.45, 7) is 11.7. The molecule has 0 spiro atoms. The fraction of sp³-hybridized carbons (Fsp3) is 0.857. The highest BCUT2D eigenvalue weighted by atomic mass is 16.5. The molecule has 1 aliphatic carbocycles. The molecule has 1 fully saturated rings. The Balaban J connectivity index is 2.79. The molecule has 0 aromatic rings. The Kier molecular flexibility index (Phi) is 5.00. The van der Waals surface area contributed by atoms with Gasteiger partial charge in [0.05, 0.1) is 11.6 Å². The fourth-order valence-electron chi connectivity index (χ4n) is 2.87. The Morgan fingerprint density at radius 3 is 2.44 bits per heavy atom. The quantitative estimate of drug-likeness (QED) is 0.726. The molecule has 2 nitrogen and oxygen atoms in total. The van der Waals surface area contributed by atoms with Crippen molar-refractivity contribution < 1.29 is 4.74 Å². The van der Waals surface area contributed by atoms with Crippen molar-refractivity contribution in [3.8, 4) is 0 Å². The number of nitrogens with one attached hydrogen (secondary N) is 1. The highest BCUT2D eigenvalue weighted by molar-refractivity contribution is 5.13. The third kappa shape index (κ3) is 2.86. The smallest absolute Gasteiger partial charge is 0.0869 e. The summed E-state index contributed by atoms with van der Waals surface area (Å²) in [4.78, 5) is 0. The SMILES string of the molecule is C=C(C)C(NCC)C1(OC)CCC(C)CC1. The average Bonchev–Trinajstić information content (AvgIpc) is 2.28. The Labute approximate surface area is 100 Å². The van der Waals surface area contributed by atoms with Crippen LogP contribution in [-0.4, -0.2) is 25.3 Å². The third-order valence-corrected chi connectivity index (χ3v) is 3.95. The van der Waals surface area contributed by atoms with Gasteiger partial charge in [-0.2, -0.15) is 0 Å². The van der Waals surface area contributed by atoms with Crippen LogP contribution in [0, 0.1) is 5.92 Å². The lowest BCUT2D eigenvalue weighted by molar-refractivity contribution is -0.0657. The minimum Gasteiger partial charge on any atom is -0.376 e. The lowest BCUT2D eigenvalue weighted by Gasteiger charge is -2.44. The lowest BCUT2D eigenvalue weighted by atomic mass is 9.73. The summed E-state index contributed by atoms with van der Waals surface area (Å²) >= 11 is 0. The first kappa shape index (κ1) is 13.7. The highest BCUT2D eigenvalue weighted by Gasteiger charge is 2.41. The summed E-state index contributed by atoms with van der Waals surface area (Å²) in [5, 5.41) is 3.53. The first-order valence-corrected chi connectivity index (χ1v) is 6.49. The molecule has 1 N–H and O–H groups in total. The molecule has 94 valence electrons. The first-order chi connectivity index (χ1) is 7.55. The summed E-state index contributed by atoms with van der Waals surface area (Å²) in [6.07, 6.45) is 4.83. The zero-order valence-electron chi connectivity index (χ0n) is 11.3. The molecule has 1 aliphatic rings. The van der Waals surface area contributed by atoms with Crippen LogP contribution in [0.2, 0.25) is 0 Å². The van der Waals surface area contributed by atoms with Gasteiger partial charge in [0.15, 0.2) is 0 Å². The van der Waals surface area contributed by atoms with E-state index >= 15 is 0 Å². The first-order valence-electron chi connectivity index (χ1n) is 6.49. The van der Waals surface area contributed by atoms with Crippen molar-refractivity contribution in [1.82, 2.24) is 5.32 Å². The number of methoxy groups -OCH3 is 1. The average molecular weight is 225 g/mol. The van der Waals surface area contributed by atoms with E-state index in [4.69, 9.17) is 4.74 Å². The van der Waals surface area contributed by atoms with E-state index in [2.05, 4.69) is 32.7 Å². The Hall–Kier alpha value is -0.340. The van der Waals surface area contributed by atoms with Crippen LogP contribution in [0.15, 0.2) is 12.2 Å². The molecule has 0 aromatic heterocycles. The van der Waals surface area contributed by atoms with Crippen LogP contribution >= 0.6 is 0 Å². The van der Waals surface area contributed by atoms with Crippen LogP contribution in [0.5, 0.6) is 0 Å². The summed E-state index contributed by atoms with van der Waals surface area (Å²) < 4.78 is 5.88. The maximum atomic E-state index is 5.88. The van der Waals surface area contributed by atoms with Crippen LogP contribution in [0.3, 0.4) is 0 Å². The summed E-state index contributed by atoms with van der Waals surface area (Å²) in [6, 6.07) is 0.301. The minimum atomic E-state index is -0.0195.